The van der Waals surface area contributed by atoms with Crippen molar-refractivity contribution in [2.24, 2.45) is 5.73 Å². The van der Waals surface area contributed by atoms with Crippen LogP contribution in [0, 0.1) is 0 Å². The maximum atomic E-state index is 12.6. The lowest BCUT2D eigenvalue weighted by Gasteiger charge is -2.19. The van der Waals surface area contributed by atoms with Crippen molar-refractivity contribution in [2.45, 2.75) is 38.3 Å². The Morgan fingerprint density at radius 3 is 2.68 bits per heavy atom. The molecule has 2 heterocycles. The first-order valence-electron chi connectivity index (χ1n) is 6.79. The van der Waals surface area contributed by atoms with Gasteiger partial charge >= 0.3 is 0 Å². The second-order valence-electron chi connectivity index (χ2n) is 5.04. The molecular formula is C15H18N2OS. The van der Waals surface area contributed by atoms with Crippen LogP contribution < -0.4 is 11.3 Å². The lowest BCUT2D eigenvalue weighted by atomic mass is 10.1. The Morgan fingerprint density at radius 1 is 1.26 bits per heavy atom. The van der Waals surface area contributed by atoms with Crippen molar-refractivity contribution in [1.82, 2.24) is 4.57 Å². The SMILES string of the molecule is NCc1ccc(-c2cccs2)n(C2CCCC2)c1=O. The smallest absolute Gasteiger partial charge is 0.255 e. The van der Waals surface area contributed by atoms with Gasteiger partial charge in [-0.15, -0.1) is 11.3 Å². The minimum Gasteiger partial charge on any atom is -0.326 e. The molecule has 0 atom stereocenters. The molecule has 0 saturated heterocycles. The molecule has 3 nitrogen and oxygen atoms in total. The summed E-state index contributed by atoms with van der Waals surface area (Å²) in [5.41, 5.74) is 7.53. The van der Waals surface area contributed by atoms with Crippen LogP contribution in [0.25, 0.3) is 10.6 Å². The summed E-state index contributed by atoms with van der Waals surface area (Å²) >= 11 is 1.68. The molecule has 1 saturated carbocycles. The predicted octanol–water partition coefficient (Wildman–Crippen LogP) is 3.15. The van der Waals surface area contributed by atoms with Crippen LogP contribution in [0.5, 0.6) is 0 Å². The van der Waals surface area contributed by atoms with Gasteiger partial charge in [-0.25, -0.2) is 0 Å². The van der Waals surface area contributed by atoms with Crippen molar-refractivity contribution < 1.29 is 0 Å². The Kier molecular flexibility index (Phi) is 3.53. The second kappa shape index (κ2) is 5.31. The molecular weight excluding hydrogens is 256 g/mol. The van der Waals surface area contributed by atoms with Gasteiger partial charge in [-0.1, -0.05) is 25.0 Å². The predicted molar refractivity (Wildman–Crippen MR) is 79.4 cm³/mol. The lowest BCUT2D eigenvalue weighted by molar-refractivity contribution is 0.505. The van der Waals surface area contributed by atoms with Crippen LogP contribution in [0.1, 0.15) is 37.3 Å². The summed E-state index contributed by atoms with van der Waals surface area (Å²) in [6.07, 6.45) is 4.64. The van der Waals surface area contributed by atoms with Crippen molar-refractivity contribution in [3.05, 3.63) is 45.6 Å². The van der Waals surface area contributed by atoms with E-state index < -0.39 is 0 Å². The van der Waals surface area contributed by atoms with Crippen LogP contribution in [-0.4, -0.2) is 4.57 Å². The van der Waals surface area contributed by atoms with Gasteiger partial charge in [0.15, 0.2) is 0 Å². The van der Waals surface area contributed by atoms with Gasteiger partial charge in [-0.2, -0.15) is 0 Å². The molecule has 100 valence electrons. The molecule has 1 aliphatic rings. The third-order valence-electron chi connectivity index (χ3n) is 3.88. The quantitative estimate of drug-likeness (QED) is 0.934. The van der Waals surface area contributed by atoms with Gasteiger partial charge in [0.25, 0.3) is 5.56 Å². The molecule has 0 radical (unpaired) electrons. The van der Waals surface area contributed by atoms with E-state index in [1.807, 2.05) is 22.8 Å². The standard InChI is InChI=1S/C15H18N2OS/c16-10-11-7-8-13(14-6-3-9-19-14)17(15(11)18)12-4-1-2-5-12/h3,6-9,12H,1-2,4-5,10,16H2. The minimum absolute atomic E-state index is 0.0975. The highest BCUT2D eigenvalue weighted by molar-refractivity contribution is 7.13. The number of hydrogen-bond acceptors (Lipinski definition) is 3. The molecule has 0 amide bonds. The van der Waals surface area contributed by atoms with Gasteiger partial charge in [0.2, 0.25) is 0 Å². The van der Waals surface area contributed by atoms with E-state index >= 15 is 0 Å². The van der Waals surface area contributed by atoms with Crippen LogP contribution >= 0.6 is 11.3 Å². The van der Waals surface area contributed by atoms with E-state index in [2.05, 4.69) is 11.4 Å². The van der Waals surface area contributed by atoms with E-state index in [1.54, 1.807) is 11.3 Å². The summed E-state index contributed by atoms with van der Waals surface area (Å²) in [6, 6.07) is 8.38. The van der Waals surface area contributed by atoms with Crippen LogP contribution in [0.2, 0.25) is 0 Å². The highest BCUT2D eigenvalue weighted by Gasteiger charge is 2.22. The molecule has 0 unspecified atom stereocenters. The molecule has 0 spiro atoms. The lowest BCUT2D eigenvalue weighted by Crippen LogP contribution is -2.28. The zero-order valence-corrected chi connectivity index (χ0v) is 11.7. The van der Waals surface area contributed by atoms with Crippen molar-refractivity contribution >= 4 is 11.3 Å². The summed E-state index contributed by atoms with van der Waals surface area (Å²) in [6.45, 7) is 0.316. The molecule has 4 heteroatoms. The van der Waals surface area contributed by atoms with E-state index in [1.165, 1.54) is 12.8 Å². The van der Waals surface area contributed by atoms with Gasteiger partial charge in [0.05, 0.1) is 10.6 Å². The van der Waals surface area contributed by atoms with Gasteiger partial charge in [0.1, 0.15) is 0 Å². The fourth-order valence-corrected chi connectivity index (χ4v) is 3.65. The summed E-state index contributed by atoms with van der Waals surface area (Å²) < 4.78 is 1.99. The van der Waals surface area contributed by atoms with E-state index in [4.69, 9.17) is 5.73 Å². The summed E-state index contributed by atoms with van der Waals surface area (Å²) in [7, 11) is 0. The van der Waals surface area contributed by atoms with Gasteiger partial charge < -0.3 is 10.3 Å². The molecule has 2 N–H and O–H groups in total. The largest absolute Gasteiger partial charge is 0.326 e. The maximum absolute atomic E-state index is 12.6. The number of aromatic nitrogens is 1. The zero-order chi connectivity index (χ0) is 13.2. The van der Waals surface area contributed by atoms with E-state index in [0.29, 0.717) is 18.2 Å². The maximum Gasteiger partial charge on any atom is 0.255 e. The molecule has 19 heavy (non-hydrogen) atoms. The van der Waals surface area contributed by atoms with Crippen molar-refractivity contribution in [3.8, 4) is 10.6 Å². The molecule has 1 aliphatic carbocycles. The minimum atomic E-state index is 0.0975. The van der Waals surface area contributed by atoms with E-state index in [9.17, 15) is 4.79 Å². The highest BCUT2D eigenvalue weighted by atomic mass is 32.1. The summed E-state index contributed by atoms with van der Waals surface area (Å²) in [5, 5.41) is 2.05. The number of rotatable bonds is 3. The average molecular weight is 274 g/mol. The molecule has 0 bridgehead atoms. The molecule has 2 aromatic rings. The molecule has 1 fully saturated rings. The fraction of sp³-hybridized carbons (Fsp3) is 0.400. The number of hydrogen-bond donors (Lipinski definition) is 1. The fourth-order valence-electron chi connectivity index (χ4n) is 2.90. The zero-order valence-electron chi connectivity index (χ0n) is 10.8. The first-order chi connectivity index (χ1) is 9.31. The second-order valence-corrected chi connectivity index (χ2v) is 5.99. The highest BCUT2D eigenvalue weighted by Crippen LogP contribution is 2.33. The third-order valence-corrected chi connectivity index (χ3v) is 4.77. The van der Waals surface area contributed by atoms with Crippen LogP contribution in [0.15, 0.2) is 34.4 Å². The number of pyridine rings is 1. The van der Waals surface area contributed by atoms with E-state index in [0.717, 1.165) is 23.4 Å². The molecule has 0 aromatic carbocycles. The van der Waals surface area contributed by atoms with Crippen LogP contribution in [0.4, 0.5) is 0 Å². The number of thiophene rings is 1. The summed E-state index contributed by atoms with van der Waals surface area (Å²) in [4.78, 5) is 13.8. The Balaban J connectivity index is 2.18. The van der Waals surface area contributed by atoms with Crippen LogP contribution in [-0.2, 0) is 6.54 Å². The Labute approximate surface area is 116 Å². The number of nitrogens with zero attached hydrogens (tertiary/aromatic N) is 1. The third kappa shape index (κ3) is 2.26. The molecule has 0 aliphatic heterocycles. The monoisotopic (exact) mass is 274 g/mol. The van der Waals surface area contributed by atoms with Gasteiger partial charge in [-0.3, -0.25) is 4.79 Å². The molecule has 2 aromatic heterocycles. The van der Waals surface area contributed by atoms with Crippen LogP contribution in [0.3, 0.4) is 0 Å². The van der Waals surface area contributed by atoms with Gasteiger partial charge in [-0.05, 0) is 30.4 Å². The van der Waals surface area contributed by atoms with Crippen molar-refractivity contribution in [3.63, 3.8) is 0 Å². The number of nitrogens with two attached hydrogens (primary N) is 1. The summed E-state index contributed by atoms with van der Waals surface area (Å²) in [5.74, 6) is 0. The normalized spacial score (nSPS) is 16.1. The topological polar surface area (TPSA) is 48.0 Å². The average Bonchev–Trinajstić information content (AvgIpc) is 3.11. The van der Waals surface area contributed by atoms with E-state index in [-0.39, 0.29) is 5.56 Å². The Morgan fingerprint density at radius 2 is 2.05 bits per heavy atom. The van der Waals surface area contributed by atoms with Crippen molar-refractivity contribution in [1.29, 1.82) is 0 Å². The Hall–Kier alpha value is -1.39. The Bertz CT molecular complexity index is 610. The first-order valence-corrected chi connectivity index (χ1v) is 7.67. The van der Waals surface area contributed by atoms with Gasteiger partial charge in [0, 0.05) is 18.2 Å². The molecule has 3 rings (SSSR count). The first kappa shape index (κ1) is 12.6. The van der Waals surface area contributed by atoms with Crippen molar-refractivity contribution in [2.75, 3.05) is 0 Å².